The first-order valence-corrected chi connectivity index (χ1v) is 8.01. The number of nitrogens with zero attached hydrogens (tertiary/aromatic N) is 2. The van der Waals surface area contributed by atoms with Crippen LogP contribution >= 0.6 is 0 Å². The molecule has 21 heavy (non-hydrogen) atoms. The Hall–Kier alpha value is -0.810. The molecule has 0 radical (unpaired) electrons. The van der Waals surface area contributed by atoms with Crippen molar-refractivity contribution in [3.8, 4) is 0 Å². The van der Waals surface area contributed by atoms with Gasteiger partial charge in [-0.25, -0.2) is 4.79 Å². The zero-order valence-electron chi connectivity index (χ0n) is 14.5. The SMILES string of the molecule is CC(O)C1CCCN(C(=O)NC(C)C(C)(C)CN(C)C)C1. The standard InChI is InChI=1S/C16H33N3O2/c1-12(20)14-8-7-9-19(10-14)15(21)17-13(2)16(3,4)11-18(5)6/h12-14,20H,7-11H2,1-6H3,(H,17,21). The fourth-order valence-corrected chi connectivity index (χ4v) is 3.01. The Kier molecular flexibility index (Phi) is 6.47. The molecule has 2 amide bonds. The molecule has 1 aliphatic rings. The van der Waals surface area contributed by atoms with Crippen LogP contribution in [0.15, 0.2) is 0 Å². The Labute approximate surface area is 129 Å². The fourth-order valence-electron chi connectivity index (χ4n) is 3.01. The van der Waals surface area contributed by atoms with E-state index < -0.39 is 0 Å². The van der Waals surface area contributed by atoms with Crippen LogP contribution in [0.1, 0.15) is 40.5 Å². The van der Waals surface area contributed by atoms with Gasteiger partial charge in [-0.1, -0.05) is 13.8 Å². The third-order valence-electron chi connectivity index (χ3n) is 4.66. The second kappa shape index (κ2) is 7.45. The second-order valence-corrected chi connectivity index (χ2v) is 7.49. The number of nitrogens with one attached hydrogen (secondary N) is 1. The minimum absolute atomic E-state index is 0.000295. The van der Waals surface area contributed by atoms with Crippen LogP contribution in [0.2, 0.25) is 0 Å². The van der Waals surface area contributed by atoms with Crippen molar-refractivity contribution in [3.63, 3.8) is 0 Å². The average molecular weight is 299 g/mol. The highest BCUT2D eigenvalue weighted by Gasteiger charge is 2.31. The summed E-state index contributed by atoms with van der Waals surface area (Å²) < 4.78 is 0. The molecule has 0 aliphatic carbocycles. The van der Waals surface area contributed by atoms with Gasteiger partial charge in [0.2, 0.25) is 0 Å². The summed E-state index contributed by atoms with van der Waals surface area (Å²) >= 11 is 0. The molecule has 1 aliphatic heterocycles. The molecule has 0 aromatic heterocycles. The Morgan fingerprint density at radius 1 is 1.43 bits per heavy atom. The molecule has 0 spiro atoms. The van der Waals surface area contributed by atoms with Gasteiger partial charge >= 0.3 is 6.03 Å². The van der Waals surface area contributed by atoms with Crippen molar-refractivity contribution in [1.82, 2.24) is 15.1 Å². The predicted octanol–water partition coefficient (Wildman–Crippen LogP) is 1.77. The van der Waals surface area contributed by atoms with E-state index in [-0.39, 0.29) is 29.5 Å². The lowest BCUT2D eigenvalue weighted by Crippen LogP contribution is -2.53. The Balaban J connectivity index is 2.55. The van der Waals surface area contributed by atoms with E-state index in [1.165, 1.54) is 0 Å². The molecule has 1 heterocycles. The van der Waals surface area contributed by atoms with Crippen molar-refractivity contribution < 1.29 is 9.90 Å². The monoisotopic (exact) mass is 299 g/mol. The van der Waals surface area contributed by atoms with E-state index in [0.29, 0.717) is 6.54 Å². The minimum atomic E-state index is -0.344. The third kappa shape index (κ3) is 5.47. The number of carbonyl (C=O) groups is 1. The molecule has 124 valence electrons. The highest BCUT2D eigenvalue weighted by molar-refractivity contribution is 5.74. The number of aliphatic hydroxyl groups is 1. The number of piperidine rings is 1. The first-order valence-electron chi connectivity index (χ1n) is 8.01. The lowest BCUT2D eigenvalue weighted by Gasteiger charge is -2.38. The van der Waals surface area contributed by atoms with Crippen LogP contribution in [-0.2, 0) is 0 Å². The van der Waals surface area contributed by atoms with E-state index in [9.17, 15) is 9.90 Å². The summed E-state index contributed by atoms with van der Waals surface area (Å²) in [5.74, 6) is 0.203. The number of rotatable bonds is 5. The Bertz CT molecular complexity index is 342. The molecule has 3 unspecified atom stereocenters. The molecule has 1 rings (SSSR count). The van der Waals surface area contributed by atoms with Gasteiger partial charge in [0, 0.05) is 31.6 Å². The number of carbonyl (C=O) groups excluding carboxylic acids is 1. The summed E-state index contributed by atoms with van der Waals surface area (Å²) in [5, 5.41) is 12.9. The molecule has 0 aromatic carbocycles. The van der Waals surface area contributed by atoms with E-state index in [1.54, 1.807) is 0 Å². The van der Waals surface area contributed by atoms with Crippen LogP contribution in [0.4, 0.5) is 4.79 Å². The van der Waals surface area contributed by atoms with Crippen molar-refractivity contribution >= 4 is 6.03 Å². The molecule has 0 aromatic rings. The fraction of sp³-hybridized carbons (Fsp3) is 0.938. The second-order valence-electron chi connectivity index (χ2n) is 7.49. The van der Waals surface area contributed by atoms with Crippen LogP contribution in [-0.4, -0.2) is 66.8 Å². The van der Waals surface area contributed by atoms with Crippen LogP contribution in [0.5, 0.6) is 0 Å². The molecule has 5 heteroatoms. The van der Waals surface area contributed by atoms with E-state index >= 15 is 0 Å². The van der Waals surface area contributed by atoms with Gasteiger partial charge in [-0.2, -0.15) is 0 Å². The van der Waals surface area contributed by atoms with Gasteiger partial charge in [0.15, 0.2) is 0 Å². The van der Waals surface area contributed by atoms with Crippen LogP contribution in [0, 0.1) is 11.3 Å². The number of hydrogen-bond donors (Lipinski definition) is 2. The number of aliphatic hydroxyl groups excluding tert-OH is 1. The van der Waals surface area contributed by atoms with Crippen molar-refractivity contribution in [2.75, 3.05) is 33.7 Å². The highest BCUT2D eigenvalue weighted by Crippen LogP contribution is 2.23. The van der Waals surface area contributed by atoms with Crippen molar-refractivity contribution in [3.05, 3.63) is 0 Å². The van der Waals surface area contributed by atoms with Crippen molar-refractivity contribution in [2.45, 2.75) is 52.7 Å². The number of hydrogen-bond acceptors (Lipinski definition) is 3. The predicted molar refractivity (Wildman–Crippen MR) is 86.3 cm³/mol. The largest absolute Gasteiger partial charge is 0.393 e. The Morgan fingerprint density at radius 3 is 2.57 bits per heavy atom. The zero-order chi connectivity index (χ0) is 16.2. The number of amides is 2. The minimum Gasteiger partial charge on any atom is -0.393 e. The quantitative estimate of drug-likeness (QED) is 0.813. The molecule has 0 bridgehead atoms. The molecule has 3 atom stereocenters. The summed E-state index contributed by atoms with van der Waals surface area (Å²) in [7, 11) is 4.10. The van der Waals surface area contributed by atoms with Gasteiger partial charge in [0.25, 0.3) is 0 Å². The molecular weight excluding hydrogens is 266 g/mol. The van der Waals surface area contributed by atoms with E-state index in [2.05, 4.69) is 31.0 Å². The maximum Gasteiger partial charge on any atom is 0.317 e. The first-order chi connectivity index (χ1) is 9.63. The van der Waals surface area contributed by atoms with Gasteiger partial charge in [-0.05, 0) is 46.2 Å². The van der Waals surface area contributed by atoms with Crippen molar-refractivity contribution in [1.29, 1.82) is 0 Å². The zero-order valence-corrected chi connectivity index (χ0v) is 14.5. The molecule has 2 N–H and O–H groups in total. The lowest BCUT2D eigenvalue weighted by molar-refractivity contribution is 0.0715. The van der Waals surface area contributed by atoms with Crippen molar-refractivity contribution in [2.24, 2.45) is 11.3 Å². The molecule has 0 saturated carbocycles. The van der Waals surface area contributed by atoms with Crippen LogP contribution < -0.4 is 5.32 Å². The van der Waals surface area contributed by atoms with Crippen LogP contribution in [0.25, 0.3) is 0 Å². The lowest BCUT2D eigenvalue weighted by atomic mass is 9.85. The molecular formula is C16H33N3O2. The molecule has 1 saturated heterocycles. The van der Waals surface area contributed by atoms with Crippen LogP contribution in [0.3, 0.4) is 0 Å². The van der Waals surface area contributed by atoms with Gasteiger partial charge in [-0.3, -0.25) is 0 Å². The third-order valence-corrected chi connectivity index (χ3v) is 4.66. The highest BCUT2D eigenvalue weighted by atomic mass is 16.3. The smallest absolute Gasteiger partial charge is 0.317 e. The van der Waals surface area contributed by atoms with E-state index in [1.807, 2.05) is 25.9 Å². The first kappa shape index (κ1) is 18.2. The average Bonchev–Trinajstić information content (AvgIpc) is 2.37. The topological polar surface area (TPSA) is 55.8 Å². The maximum atomic E-state index is 12.4. The normalized spacial score (nSPS) is 23.0. The number of likely N-dealkylation sites (tertiary alicyclic amines) is 1. The van der Waals surface area contributed by atoms with Gasteiger partial charge in [0.1, 0.15) is 0 Å². The summed E-state index contributed by atoms with van der Waals surface area (Å²) in [5.41, 5.74) is 0.0125. The van der Waals surface area contributed by atoms with Gasteiger partial charge < -0.3 is 20.2 Å². The van der Waals surface area contributed by atoms with E-state index in [4.69, 9.17) is 0 Å². The molecule has 5 nitrogen and oxygen atoms in total. The number of urea groups is 1. The molecule has 1 fully saturated rings. The summed E-state index contributed by atoms with van der Waals surface area (Å²) in [6.07, 6.45) is 1.63. The Morgan fingerprint density at radius 2 is 2.05 bits per heavy atom. The van der Waals surface area contributed by atoms with Gasteiger partial charge in [0.05, 0.1) is 6.10 Å². The van der Waals surface area contributed by atoms with Gasteiger partial charge in [-0.15, -0.1) is 0 Å². The maximum absolute atomic E-state index is 12.4. The summed E-state index contributed by atoms with van der Waals surface area (Å²) in [6, 6.07) is 0.0963. The van der Waals surface area contributed by atoms with E-state index in [0.717, 1.165) is 25.9 Å². The summed E-state index contributed by atoms with van der Waals surface area (Å²) in [4.78, 5) is 16.4. The summed E-state index contributed by atoms with van der Waals surface area (Å²) in [6.45, 7) is 10.6.